The van der Waals surface area contributed by atoms with Gasteiger partial charge in [-0.2, -0.15) is 0 Å². The van der Waals surface area contributed by atoms with Gasteiger partial charge in [0.25, 0.3) is 0 Å². The fourth-order valence-corrected chi connectivity index (χ4v) is 4.46. The van der Waals surface area contributed by atoms with Crippen molar-refractivity contribution in [1.29, 1.82) is 0 Å². The van der Waals surface area contributed by atoms with Gasteiger partial charge in [0.05, 0.1) is 5.41 Å². The molecule has 3 aliphatic rings. The molecule has 3 heterocycles. The Morgan fingerprint density at radius 2 is 2.00 bits per heavy atom. The molecular weight excluding hydrogens is 321 g/mol. The smallest absolute Gasteiger partial charge is 0.230 e. The Balaban J connectivity index is 1.43. The molecule has 1 aromatic rings. The third-order valence-corrected chi connectivity index (χ3v) is 6.04. The van der Waals surface area contributed by atoms with E-state index in [2.05, 4.69) is 4.98 Å². The lowest BCUT2D eigenvalue weighted by molar-refractivity contribution is -0.148. The molecule has 3 fully saturated rings. The minimum atomic E-state index is -0.823. The SMILES string of the molecule is O=C(C1CC(F)C1)N1CCC[C@]2(CCN(Cc3ccncc3)C2=O)C1. The van der Waals surface area contributed by atoms with Crippen LogP contribution in [0.2, 0.25) is 0 Å². The van der Waals surface area contributed by atoms with Gasteiger partial charge in [-0.3, -0.25) is 14.6 Å². The van der Waals surface area contributed by atoms with Gasteiger partial charge < -0.3 is 9.80 Å². The Bertz CT molecular complexity index is 662. The van der Waals surface area contributed by atoms with Gasteiger partial charge in [0, 0.05) is 44.5 Å². The molecule has 0 bridgehead atoms. The number of carbonyl (C=O) groups excluding carboxylic acids is 2. The highest BCUT2D eigenvalue weighted by Gasteiger charge is 2.50. The van der Waals surface area contributed by atoms with Gasteiger partial charge >= 0.3 is 0 Å². The van der Waals surface area contributed by atoms with Crippen LogP contribution in [-0.2, 0) is 16.1 Å². The fourth-order valence-electron chi connectivity index (χ4n) is 4.46. The van der Waals surface area contributed by atoms with Gasteiger partial charge in [0.2, 0.25) is 11.8 Å². The third-order valence-electron chi connectivity index (χ3n) is 6.04. The van der Waals surface area contributed by atoms with E-state index >= 15 is 0 Å². The van der Waals surface area contributed by atoms with Crippen molar-refractivity contribution in [3.8, 4) is 0 Å². The first-order valence-corrected chi connectivity index (χ1v) is 9.18. The topological polar surface area (TPSA) is 53.5 Å². The van der Waals surface area contributed by atoms with Crippen LogP contribution < -0.4 is 0 Å². The minimum absolute atomic E-state index is 0.0494. The minimum Gasteiger partial charge on any atom is -0.341 e. The summed E-state index contributed by atoms with van der Waals surface area (Å²) in [6.45, 7) is 2.54. The molecule has 1 atom stereocenters. The van der Waals surface area contributed by atoms with E-state index in [9.17, 15) is 14.0 Å². The molecule has 2 saturated heterocycles. The van der Waals surface area contributed by atoms with Gasteiger partial charge in [-0.1, -0.05) is 0 Å². The standard InChI is InChI=1S/C19H24FN3O2/c20-16-10-15(11-16)17(24)23-8-1-4-19(13-23)5-9-22(18(19)25)12-14-2-6-21-7-3-14/h2-3,6-7,15-16H,1,4-5,8-13H2/t15?,16?,19-/m0/s1. The maximum absolute atomic E-state index is 13.1. The zero-order valence-corrected chi connectivity index (χ0v) is 14.4. The molecule has 5 nitrogen and oxygen atoms in total. The van der Waals surface area contributed by atoms with Crippen LogP contribution in [0.15, 0.2) is 24.5 Å². The van der Waals surface area contributed by atoms with Crippen molar-refractivity contribution in [3.05, 3.63) is 30.1 Å². The van der Waals surface area contributed by atoms with E-state index in [1.54, 1.807) is 12.4 Å². The molecule has 6 heteroatoms. The number of alkyl halides is 1. The van der Waals surface area contributed by atoms with Crippen LogP contribution in [0.4, 0.5) is 4.39 Å². The van der Waals surface area contributed by atoms with Gasteiger partial charge in [-0.05, 0) is 49.8 Å². The maximum atomic E-state index is 13.1. The van der Waals surface area contributed by atoms with E-state index in [0.717, 1.165) is 31.4 Å². The van der Waals surface area contributed by atoms with Crippen molar-refractivity contribution in [3.63, 3.8) is 0 Å². The lowest BCUT2D eigenvalue weighted by Gasteiger charge is -2.42. The predicted octanol–water partition coefficient (Wildman–Crippen LogP) is 2.17. The van der Waals surface area contributed by atoms with Crippen LogP contribution in [0.3, 0.4) is 0 Å². The predicted molar refractivity (Wildman–Crippen MR) is 90.1 cm³/mol. The number of pyridine rings is 1. The molecule has 0 unspecified atom stereocenters. The van der Waals surface area contributed by atoms with Crippen molar-refractivity contribution >= 4 is 11.8 Å². The molecule has 0 aromatic carbocycles. The molecule has 25 heavy (non-hydrogen) atoms. The zero-order chi connectivity index (χ0) is 17.4. The Morgan fingerprint density at radius 1 is 1.24 bits per heavy atom. The number of hydrogen-bond acceptors (Lipinski definition) is 3. The molecule has 4 rings (SSSR count). The van der Waals surface area contributed by atoms with Crippen molar-refractivity contribution < 1.29 is 14.0 Å². The van der Waals surface area contributed by atoms with Crippen LogP contribution in [0.25, 0.3) is 0 Å². The summed E-state index contributed by atoms with van der Waals surface area (Å²) in [7, 11) is 0. The summed E-state index contributed by atoms with van der Waals surface area (Å²) >= 11 is 0. The van der Waals surface area contributed by atoms with E-state index < -0.39 is 11.6 Å². The lowest BCUT2D eigenvalue weighted by Crippen LogP contribution is -2.52. The monoisotopic (exact) mass is 345 g/mol. The van der Waals surface area contributed by atoms with Crippen molar-refractivity contribution in [2.75, 3.05) is 19.6 Å². The highest BCUT2D eigenvalue weighted by Crippen LogP contribution is 2.42. The maximum Gasteiger partial charge on any atom is 0.230 e. The largest absolute Gasteiger partial charge is 0.341 e. The number of halogens is 1. The Kier molecular flexibility index (Phi) is 4.21. The van der Waals surface area contributed by atoms with E-state index in [-0.39, 0.29) is 17.7 Å². The van der Waals surface area contributed by atoms with Gasteiger partial charge in [-0.25, -0.2) is 4.39 Å². The van der Waals surface area contributed by atoms with E-state index in [1.165, 1.54) is 0 Å². The van der Waals surface area contributed by atoms with Crippen LogP contribution in [0.1, 0.15) is 37.7 Å². The quantitative estimate of drug-likeness (QED) is 0.844. The second kappa shape index (κ2) is 6.39. The van der Waals surface area contributed by atoms with Gasteiger partial charge in [0.1, 0.15) is 6.17 Å². The molecule has 1 spiro atoms. The summed E-state index contributed by atoms with van der Waals surface area (Å²) in [5, 5.41) is 0. The summed E-state index contributed by atoms with van der Waals surface area (Å²) in [6, 6.07) is 3.86. The average Bonchev–Trinajstić information content (AvgIpc) is 2.89. The number of piperidine rings is 1. The molecule has 0 N–H and O–H groups in total. The first-order valence-electron chi connectivity index (χ1n) is 9.18. The van der Waals surface area contributed by atoms with Crippen LogP contribution >= 0.6 is 0 Å². The van der Waals surface area contributed by atoms with Crippen LogP contribution in [0.5, 0.6) is 0 Å². The van der Waals surface area contributed by atoms with Gasteiger partial charge in [0.15, 0.2) is 0 Å². The zero-order valence-electron chi connectivity index (χ0n) is 14.4. The van der Waals surface area contributed by atoms with Crippen molar-refractivity contribution in [2.45, 2.75) is 44.8 Å². The van der Waals surface area contributed by atoms with Crippen molar-refractivity contribution in [2.24, 2.45) is 11.3 Å². The second-order valence-corrected chi connectivity index (χ2v) is 7.74. The Morgan fingerprint density at radius 3 is 2.72 bits per heavy atom. The summed E-state index contributed by atoms with van der Waals surface area (Å²) in [5.41, 5.74) is 0.646. The van der Waals surface area contributed by atoms with Gasteiger partial charge in [-0.15, -0.1) is 0 Å². The summed E-state index contributed by atoms with van der Waals surface area (Å²) < 4.78 is 13.1. The van der Waals surface area contributed by atoms with Crippen LogP contribution in [-0.4, -0.2) is 52.4 Å². The number of aromatic nitrogens is 1. The summed E-state index contributed by atoms with van der Waals surface area (Å²) in [5.74, 6) is 0.0433. The van der Waals surface area contributed by atoms with E-state index in [0.29, 0.717) is 32.5 Å². The molecule has 0 radical (unpaired) electrons. The van der Waals surface area contributed by atoms with Crippen LogP contribution in [0, 0.1) is 11.3 Å². The first-order chi connectivity index (χ1) is 12.1. The fraction of sp³-hybridized carbons (Fsp3) is 0.632. The molecule has 2 amide bonds. The van der Waals surface area contributed by atoms with E-state index in [1.807, 2.05) is 21.9 Å². The average molecular weight is 345 g/mol. The number of nitrogens with zero attached hydrogens (tertiary/aromatic N) is 3. The Hall–Kier alpha value is -1.98. The molecule has 1 saturated carbocycles. The number of carbonyl (C=O) groups is 2. The summed E-state index contributed by atoms with van der Waals surface area (Å²) in [4.78, 5) is 33.4. The van der Waals surface area contributed by atoms with E-state index in [4.69, 9.17) is 0 Å². The lowest BCUT2D eigenvalue weighted by atomic mass is 9.76. The molecule has 1 aromatic heterocycles. The Labute approximate surface area is 147 Å². The normalized spacial score (nSPS) is 32.1. The first kappa shape index (κ1) is 16.5. The second-order valence-electron chi connectivity index (χ2n) is 7.74. The highest BCUT2D eigenvalue weighted by molar-refractivity contribution is 5.87. The molecule has 134 valence electrons. The molecule has 1 aliphatic carbocycles. The van der Waals surface area contributed by atoms with Crippen molar-refractivity contribution in [1.82, 2.24) is 14.8 Å². The number of amides is 2. The third kappa shape index (κ3) is 3.02. The number of rotatable bonds is 3. The molecular formula is C19H24FN3O2. The molecule has 2 aliphatic heterocycles. The highest BCUT2D eigenvalue weighted by atomic mass is 19.1. The summed E-state index contributed by atoms with van der Waals surface area (Å²) in [6.07, 6.45) is 5.86. The number of hydrogen-bond donors (Lipinski definition) is 0. The number of likely N-dealkylation sites (tertiary alicyclic amines) is 2.